The number of imidazole rings is 1. The molecule has 3 amide bonds. The SMILES string of the molecule is O=C(c1ccc2c(c1)C(=O)N(C1CCCCC1)C2=O)N1CCn2c1nc1ccccc12. The van der Waals surface area contributed by atoms with Crippen molar-refractivity contribution in [2.45, 2.75) is 44.7 Å². The topological polar surface area (TPSA) is 75.5 Å². The summed E-state index contributed by atoms with van der Waals surface area (Å²) in [6, 6.07) is 12.7. The molecule has 0 bridgehead atoms. The van der Waals surface area contributed by atoms with Crippen molar-refractivity contribution >= 4 is 34.7 Å². The number of fused-ring (bicyclic) bond motifs is 4. The highest BCUT2D eigenvalue weighted by Gasteiger charge is 2.41. The van der Waals surface area contributed by atoms with E-state index in [9.17, 15) is 14.4 Å². The first-order valence-electron chi connectivity index (χ1n) is 10.9. The molecule has 1 fully saturated rings. The molecule has 2 aliphatic heterocycles. The lowest BCUT2D eigenvalue weighted by molar-refractivity contribution is 0.0549. The lowest BCUT2D eigenvalue weighted by Gasteiger charge is -2.29. The van der Waals surface area contributed by atoms with E-state index in [2.05, 4.69) is 4.98 Å². The van der Waals surface area contributed by atoms with Crippen LogP contribution in [0, 0.1) is 0 Å². The quantitative estimate of drug-likeness (QED) is 0.600. The Morgan fingerprint density at radius 1 is 0.903 bits per heavy atom. The number of hydrogen-bond donors (Lipinski definition) is 0. The largest absolute Gasteiger partial charge is 0.308 e. The van der Waals surface area contributed by atoms with Crippen LogP contribution in [-0.2, 0) is 6.54 Å². The number of anilines is 1. The average molecular weight is 414 g/mol. The maximum absolute atomic E-state index is 13.3. The number of hydrogen-bond acceptors (Lipinski definition) is 4. The van der Waals surface area contributed by atoms with E-state index in [0.717, 1.165) is 43.1 Å². The van der Waals surface area contributed by atoms with Crippen molar-refractivity contribution in [2.24, 2.45) is 0 Å². The Morgan fingerprint density at radius 2 is 1.68 bits per heavy atom. The van der Waals surface area contributed by atoms with E-state index in [1.54, 1.807) is 23.1 Å². The van der Waals surface area contributed by atoms with E-state index in [1.807, 2.05) is 28.8 Å². The van der Waals surface area contributed by atoms with Gasteiger partial charge in [-0.15, -0.1) is 0 Å². The second kappa shape index (κ2) is 6.77. The molecule has 6 rings (SSSR count). The average Bonchev–Trinajstić information content (AvgIpc) is 3.45. The number of carbonyl (C=O) groups is 3. The molecular formula is C24H22N4O3. The van der Waals surface area contributed by atoms with Crippen molar-refractivity contribution in [3.63, 3.8) is 0 Å². The monoisotopic (exact) mass is 414 g/mol. The lowest BCUT2D eigenvalue weighted by Crippen LogP contribution is -2.40. The summed E-state index contributed by atoms with van der Waals surface area (Å²) in [7, 11) is 0. The van der Waals surface area contributed by atoms with Crippen LogP contribution in [-0.4, -0.2) is 44.8 Å². The summed E-state index contributed by atoms with van der Waals surface area (Å²) in [5.74, 6) is -0.0739. The van der Waals surface area contributed by atoms with Gasteiger partial charge in [0.05, 0.1) is 22.2 Å². The molecule has 0 radical (unpaired) electrons. The molecule has 1 saturated carbocycles. The van der Waals surface area contributed by atoms with Crippen LogP contribution in [0.1, 0.15) is 63.2 Å². The fourth-order valence-electron chi connectivity index (χ4n) is 5.20. The maximum Gasteiger partial charge on any atom is 0.261 e. The van der Waals surface area contributed by atoms with E-state index in [1.165, 1.54) is 4.90 Å². The van der Waals surface area contributed by atoms with Gasteiger partial charge in [-0.25, -0.2) is 4.98 Å². The Kier molecular flexibility index (Phi) is 4.00. The molecule has 1 aromatic heterocycles. The third kappa shape index (κ3) is 2.65. The van der Waals surface area contributed by atoms with Gasteiger partial charge in [0.25, 0.3) is 17.7 Å². The van der Waals surface area contributed by atoms with Crippen LogP contribution in [0.15, 0.2) is 42.5 Å². The molecule has 3 aliphatic rings. The molecule has 31 heavy (non-hydrogen) atoms. The molecule has 0 N–H and O–H groups in total. The van der Waals surface area contributed by atoms with Crippen molar-refractivity contribution in [3.05, 3.63) is 59.2 Å². The van der Waals surface area contributed by atoms with Gasteiger partial charge < -0.3 is 4.57 Å². The fourth-order valence-corrected chi connectivity index (χ4v) is 5.20. The van der Waals surface area contributed by atoms with Gasteiger partial charge >= 0.3 is 0 Å². The van der Waals surface area contributed by atoms with Gasteiger partial charge in [0.1, 0.15) is 0 Å². The third-order valence-electron chi connectivity index (χ3n) is 6.77. The minimum Gasteiger partial charge on any atom is -0.308 e. The van der Waals surface area contributed by atoms with Crippen molar-refractivity contribution in [3.8, 4) is 0 Å². The first-order chi connectivity index (χ1) is 15.1. The number of carbonyl (C=O) groups excluding carboxylic acids is 3. The third-order valence-corrected chi connectivity index (χ3v) is 6.77. The van der Waals surface area contributed by atoms with Gasteiger partial charge in [0, 0.05) is 24.7 Å². The highest BCUT2D eigenvalue weighted by atomic mass is 16.2. The molecule has 3 heterocycles. The summed E-state index contributed by atoms with van der Waals surface area (Å²) in [6.07, 6.45) is 4.96. The zero-order chi connectivity index (χ0) is 21.1. The van der Waals surface area contributed by atoms with E-state index in [-0.39, 0.29) is 23.8 Å². The Hall–Kier alpha value is -3.48. The van der Waals surface area contributed by atoms with Crippen molar-refractivity contribution in [1.82, 2.24) is 14.5 Å². The summed E-state index contributed by atoms with van der Waals surface area (Å²) >= 11 is 0. The lowest BCUT2D eigenvalue weighted by atomic mass is 9.94. The Balaban J connectivity index is 1.32. The molecule has 0 spiro atoms. The number of aromatic nitrogens is 2. The second-order valence-electron chi connectivity index (χ2n) is 8.54. The van der Waals surface area contributed by atoms with Gasteiger partial charge in [-0.05, 0) is 43.2 Å². The highest BCUT2D eigenvalue weighted by molar-refractivity contribution is 6.22. The van der Waals surface area contributed by atoms with Crippen LogP contribution in [0.3, 0.4) is 0 Å². The zero-order valence-electron chi connectivity index (χ0n) is 17.1. The van der Waals surface area contributed by atoms with E-state index in [4.69, 9.17) is 0 Å². The summed E-state index contributed by atoms with van der Waals surface area (Å²) < 4.78 is 2.04. The van der Waals surface area contributed by atoms with Gasteiger partial charge in [0.2, 0.25) is 5.95 Å². The molecule has 7 heteroatoms. The predicted molar refractivity (Wildman–Crippen MR) is 115 cm³/mol. The minimum atomic E-state index is -0.268. The smallest absolute Gasteiger partial charge is 0.261 e. The van der Waals surface area contributed by atoms with Crippen LogP contribution in [0.25, 0.3) is 11.0 Å². The number of rotatable bonds is 2. The summed E-state index contributed by atoms with van der Waals surface area (Å²) in [6.45, 7) is 1.21. The fraction of sp³-hybridized carbons (Fsp3) is 0.333. The summed E-state index contributed by atoms with van der Waals surface area (Å²) in [4.78, 5) is 47.0. The van der Waals surface area contributed by atoms with Gasteiger partial charge in [-0.1, -0.05) is 31.4 Å². The van der Waals surface area contributed by atoms with Crippen LogP contribution < -0.4 is 4.90 Å². The molecule has 7 nitrogen and oxygen atoms in total. The molecule has 156 valence electrons. The van der Waals surface area contributed by atoms with E-state index in [0.29, 0.717) is 35.7 Å². The highest BCUT2D eigenvalue weighted by Crippen LogP contribution is 2.33. The van der Waals surface area contributed by atoms with Gasteiger partial charge in [-0.3, -0.25) is 24.2 Å². The number of amides is 3. The van der Waals surface area contributed by atoms with Crippen molar-refractivity contribution < 1.29 is 14.4 Å². The molecular weight excluding hydrogens is 392 g/mol. The number of nitrogens with zero attached hydrogens (tertiary/aromatic N) is 4. The first-order valence-corrected chi connectivity index (χ1v) is 10.9. The first kappa shape index (κ1) is 18.3. The van der Waals surface area contributed by atoms with Gasteiger partial charge in [0.15, 0.2) is 0 Å². The number of para-hydroxylation sites is 2. The summed E-state index contributed by atoms with van der Waals surface area (Å²) in [5, 5.41) is 0. The van der Waals surface area contributed by atoms with E-state index < -0.39 is 0 Å². The summed E-state index contributed by atoms with van der Waals surface area (Å²) in [5.41, 5.74) is 3.01. The Labute approximate surface area is 179 Å². The van der Waals surface area contributed by atoms with E-state index >= 15 is 0 Å². The number of benzene rings is 2. The zero-order valence-corrected chi connectivity index (χ0v) is 17.1. The minimum absolute atomic E-state index is 0.0289. The molecule has 3 aromatic rings. The van der Waals surface area contributed by atoms with Crippen molar-refractivity contribution in [1.29, 1.82) is 0 Å². The second-order valence-corrected chi connectivity index (χ2v) is 8.54. The standard InChI is InChI=1S/C24H22N4O3/c29-21(27-13-12-26-20-9-5-4-8-19(20)25-24(26)27)15-10-11-17-18(14-15)23(31)28(22(17)30)16-6-2-1-3-7-16/h4-5,8-11,14,16H,1-3,6-7,12-13H2. The molecule has 0 unspecified atom stereocenters. The van der Waals surface area contributed by atoms with Crippen LogP contribution in [0.4, 0.5) is 5.95 Å². The van der Waals surface area contributed by atoms with Gasteiger partial charge in [-0.2, -0.15) is 0 Å². The molecule has 0 atom stereocenters. The molecule has 2 aromatic carbocycles. The Bertz CT molecular complexity index is 1250. The van der Waals surface area contributed by atoms with Crippen LogP contribution in [0.2, 0.25) is 0 Å². The Morgan fingerprint density at radius 3 is 2.52 bits per heavy atom. The van der Waals surface area contributed by atoms with Crippen LogP contribution in [0.5, 0.6) is 0 Å². The number of imide groups is 1. The maximum atomic E-state index is 13.3. The van der Waals surface area contributed by atoms with Crippen molar-refractivity contribution in [2.75, 3.05) is 11.4 Å². The molecule has 0 saturated heterocycles. The van der Waals surface area contributed by atoms with Crippen LogP contribution >= 0.6 is 0 Å². The molecule has 1 aliphatic carbocycles. The predicted octanol–water partition coefficient (Wildman–Crippen LogP) is 3.63. The normalized spacial score (nSPS) is 18.7.